The van der Waals surface area contributed by atoms with Crippen LogP contribution in [0.1, 0.15) is 324 Å². The highest BCUT2D eigenvalue weighted by Gasteiger charge is 2.19. The van der Waals surface area contributed by atoms with Gasteiger partial charge < -0.3 is 14.2 Å². The molecule has 0 aromatic rings. The summed E-state index contributed by atoms with van der Waals surface area (Å²) in [6.07, 6.45) is 53.6. The van der Waals surface area contributed by atoms with E-state index in [4.69, 9.17) is 14.2 Å². The lowest BCUT2D eigenvalue weighted by Crippen LogP contribution is -2.30. The third-order valence-corrected chi connectivity index (χ3v) is 13.9. The molecule has 3 atom stereocenters. The maximum atomic E-state index is 12.8. The zero-order chi connectivity index (χ0) is 46.8. The Hall–Kier alpha value is -1.59. The van der Waals surface area contributed by atoms with Crippen molar-refractivity contribution in [2.24, 2.45) is 11.8 Å². The van der Waals surface area contributed by atoms with E-state index in [1.165, 1.54) is 212 Å². The quantitative estimate of drug-likeness (QED) is 0.0344. The van der Waals surface area contributed by atoms with Crippen molar-refractivity contribution in [3.8, 4) is 0 Å². The van der Waals surface area contributed by atoms with Gasteiger partial charge in [0.05, 0.1) is 0 Å². The van der Waals surface area contributed by atoms with E-state index in [0.29, 0.717) is 19.3 Å². The minimum absolute atomic E-state index is 0.0628. The first-order chi connectivity index (χ1) is 31.3. The van der Waals surface area contributed by atoms with Gasteiger partial charge in [0.25, 0.3) is 0 Å². The molecule has 0 heterocycles. The zero-order valence-electron chi connectivity index (χ0n) is 43.9. The van der Waals surface area contributed by atoms with E-state index >= 15 is 0 Å². The smallest absolute Gasteiger partial charge is 0.306 e. The molecule has 0 amide bonds. The third-order valence-electron chi connectivity index (χ3n) is 13.9. The zero-order valence-corrected chi connectivity index (χ0v) is 43.9. The van der Waals surface area contributed by atoms with Crippen LogP contribution in [0.5, 0.6) is 0 Å². The summed E-state index contributed by atoms with van der Waals surface area (Å²) in [4.78, 5) is 38.1. The van der Waals surface area contributed by atoms with Gasteiger partial charge in [0.1, 0.15) is 13.2 Å². The van der Waals surface area contributed by atoms with Gasteiger partial charge in [-0.1, -0.05) is 285 Å². The molecule has 0 rings (SSSR count). The van der Waals surface area contributed by atoms with Crippen LogP contribution in [0.4, 0.5) is 0 Å². The van der Waals surface area contributed by atoms with E-state index in [1.807, 2.05) is 0 Å². The lowest BCUT2D eigenvalue weighted by molar-refractivity contribution is -0.167. The number of hydrogen-bond acceptors (Lipinski definition) is 6. The summed E-state index contributed by atoms with van der Waals surface area (Å²) < 4.78 is 16.9. The first kappa shape index (κ1) is 62.4. The summed E-state index contributed by atoms with van der Waals surface area (Å²) in [5, 5.41) is 0. The SMILES string of the molecule is CCCCCCCCCCCCC(=O)OC[C@H](COC(=O)CCCCCCCCCCCCCCCCC(C)CC)OC(=O)CCCCCCCCCCCCCCCCC(C)CC. The molecular formula is C58H112O6. The monoisotopic (exact) mass is 905 g/mol. The van der Waals surface area contributed by atoms with E-state index in [-0.39, 0.29) is 31.1 Å². The molecule has 0 saturated carbocycles. The van der Waals surface area contributed by atoms with Crippen molar-refractivity contribution in [2.75, 3.05) is 13.2 Å². The second kappa shape index (κ2) is 50.8. The van der Waals surface area contributed by atoms with Crippen molar-refractivity contribution >= 4 is 17.9 Å². The molecule has 0 N–H and O–H groups in total. The van der Waals surface area contributed by atoms with Gasteiger partial charge in [-0.3, -0.25) is 14.4 Å². The van der Waals surface area contributed by atoms with Crippen molar-refractivity contribution in [1.82, 2.24) is 0 Å². The fraction of sp³-hybridized carbons (Fsp3) is 0.948. The summed E-state index contributed by atoms with van der Waals surface area (Å²) in [7, 11) is 0. The van der Waals surface area contributed by atoms with Gasteiger partial charge in [0, 0.05) is 19.3 Å². The minimum atomic E-state index is -0.762. The first-order valence-electron chi connectivity index (χ1n) is 28.8. The van der Waals surface area contributed by atoms with Crippen molar-refractivity contribution in [2.45, 2.75) is 330 Å². The number of esters is 3. The Kier molecular flexibility index (Phi) is 49.6. The van der Waals surface area contributed by atoms with Crippen molar-refractivity contribution in [3.05, 3.63) is 0 Å². The first-order valence-corrected chi connectivity index (χ1v) is 28.8. The number of rotatable bonds is 52. The molecule has 0 fully saturated rings. The van der Waals surface area contributed by atoms with E-state index in [9.17, 15) is 14.4 Å². The van der Waals surface area contributed by atoms with E-state index in [2.05, 4.69) is 34.6 Å². The molecule has 0 bridgehead atoms. The van der Waals surface area contributed by atoms with Crippen LogP contribution in [0.2, 0.25) is 0 Å². The number of carbonyl (C=O) groups is 3. The van der Waals surface area contributed by atoms with Crippen LogP contribution in [0.15, 0.2) is 0 Å². The summed E-state index contributed by atoms with van der Waals surface area (Å²) >= 11 is 0. The Morgan fingerprint density at radius 1 is 0.312 bits per heavy atom. The van der Waals surface area contributed by atoms with Crippen molar-refractivity contribution in [1.29, 1.82) is 0 Å². The molecule has 0 spiro atoms. The van der Waals surface area contributed by atoms with Crippen molar-refractivity contribution < 1.29 is 28.6 Å². The van der Waals surface area contributed by atoms with Gasteiger partial charge in [-0.25, -0.2) is 0 Å². The lowest BCUT2D eigenvalue weighted by atomic mass is 9.99. The van der Waals surface area contributed by atoms with Crippen LogP contribution >= 0.6 is 0 Å². The number of hydrogen-bond donors (Lipinski definition) is 0. The predicted octanol–water partition coefficient (Wildman–Crippen LogP) is 18.9. The van der Waals surface area contributed by atoms with Gasteiger partial charge in [-0.05, 0) is 31.1 Å². The number of unbranched alkanes of at least 4 members (excludes halogenated alkanes) is 35. The largest absolute Gasteiger partial charge is 0.462 e. The topological polar surface area (TPSA) is 78.9 Å². The highest BCUT2D eigenvalue weighted by atomic mass is 16.6. The highest BCUT2D eigenvalue weighted by molar-refractivity contribution is 5.71. The maximum absolute atomic E-state index is 12.8. The Balaban J connectivity index is 4.25. The average molecular weight is 906 g/mol. The van der Waals surface area contributed by atoms with Crippen LogP contribution in [-0.4, -0.2) is 37.2 Å². The van der Waals surface area contributed by atoms with Crippen LogP contribution in [0.3, 0.4) is 0 Å². The van der Waals surface area contributed by atoms with Gasteiger partial charge in [0.2, 0.25) is 0 Å². The van der Waals surface area contributed by atoms with Gasteiger partial charge >= 0.3 is 17.9 Å². The number of carbonyl (C=O) groups excluding carboxylic acids is 3. The fourth-order valence-electron chi connectivity index (χ4n) is 8.81. The molecule has 0 aliphatic heterocycles. The van der Waals surface area contributed by atoms with Crippen LogP contribution < -0.4 is 0 Å². The molecule has 0 aromatic heterocycles. The average Bonchev–Trinajstić information content (AvgIpc) is 3.29. The van der Waals surface area contributed by atoms with E-state index in [0.717, 1.165) is 69.6 Å². The van der Waals surface area contributed by atoms with Crippen molar-refractivity contribution in [3.63, 3.8) is 0 Å². The highest BCUT2D eigenvalue weighted by Crippen LogP contribution is 2.19. The Morgan fingerprint density at radius 3 is 0.812 bits per heavy atom. The minimum Gasteiger partial charge on any atom is -0.462 e. The molecule has 0 aromatic carbocycles. The maximum Gasteiger partial charge on any atom is 0.306 e. The Bertz CT molecular complexity index is 982. The Labute approximate surface area is 399 Å². The molecule has 0 saturated heterocycles. The van der Waals surface area contributed by atoms with Gasteiger partial charge in [-0.15, -0.1) is 0 Å². The molecule has 6 nitrogen and oxygen atoms in total. The van der Waals surface area contributed by atoms with Gasteiger partial charge in [-0.2, -0.15) is 0 Å². The molecule has 2 unspecified atom stereocenters. The fourth-order valence-corrected chi connectivity index (χ4v) is 8.81. The summed E-state index contributed by atoms with van der Waals surface area (Å²) in [5.74, 6) is 0.949. The Morgan fingerprint density at radius 2 is 0.547 bits per heavy atom. The molecule has 0 aliphatic carbocycles. The normalized spacial score (nSPS) is 12.9. The lowest BCUT2D eigenvalue weighted by Gasteiger charge is -2.18. The van der Waals surface area contributed by atoms with Crippen LogP contribution in [-0.2, 0) is 28.6 Å². The standard InChI is InChI=1S/C58H112O6/c1-6-9-10-11-12-13-28-33-38-43-48-56(59)62-51-55(64-58(61)50-45-40-35-30-25-21-17-15-19-23-27-32-37-42-47-54(5)8-3)52-63-57(60)49-44-39-34-29-24-20-16-14-18-22-26-31-36-41-46-53(4)7-2/h53-55H,6-52H2,1-5H3/t53?,54?,55-/m1/s1. The molecule has 380 valence electrons. The predicted molar refractivity (Wildman–Crippen MR) is 275 cm³/mol. The van der Waals surface area contributed by atoms with E-state index < -0.39 is 6.10 Å². The summed E-state index contributed by atoms with van der Waals surface area (Å²) in [5.41, 5.74) is 0. The molecular weight excluding hydrogens is 793 g/mol. The molecule has 0 aliphatic rings. The summed E-state index contributed by atoms with van der Waals surface area (Å²) in [6, 6.07) is 0. The van der Waals surface area contributed by atoms with Crippen LogP contribution in [0.25, 0.3) is 0 Å². The molecule has 0 radical (unpaired) electrons. The molecule has 64 heavy (non-hydrogen) atoms. The third kappa shape index (κ3) is 48.3. The van der Waals surface area contributed by atoms with E-state index in [1.54, 1.807) is 0 Å². The van der Waals surface area contributed by atoms with Gasteiger partial charge in [0.15, 0.2) is 6.10 Å². The second-order valence-electron chi connectivity index (χ2n) is 20.4. The summed E-state index contributed by atoms with van der Waals surface area (Å²) in [6.45, 7) is 11.5. The number of ether oxygens (including phenoxy) is 3. The van der Waals surface area contributed by atoms with Crippen LogP contribution in [0, 0.1) is 11.8 Å². The molecule has 6 heteroatoms. The second-order valence-corrected chi connectivity index (χ2v) is 20.4.